The Balaban J connectivity index is 2.55. The monoisotopic (exact) mass is 273 g/mol. The smallest absolute Gasteiger partial charge is 0.318 e. The van der Waals surface area contributed by atoms with Crippen molar-refractivity contribution in [1.82, 2.24) is 4.98 Å². The van der Waals surface area contributed by atoms with Gasteiger partial charge in [-0.05, 0) is 29.3 Å². The van der Waals surface area contributed by atoms with Crippen molar-refractivity contribution in [3.63, 3.8) is 0 Å². The molecule has 94 valence electrons. The topological polar surface area (TPSA) is 32.9 Å². The molecule has 0 atom stereocenters. The van der Waals surface area contributed by atoms with Gasteiger partial charge in [-0.2, -0.15) is 13.2 Å². The summed E-state index contributed by atoms with van der Waals surface area (Å²) >= 11 is 5.69. The number of pyridine rings is 1. The molecule has 0 radical (unpaired) electrons. The Morgan fingerprint density at radius 3 is 2.17 bits per heavy atom. The molecule has 2 rings (SSSR count). The van der Waals surface area contributed by atoms with Crippen molar-refractivity contribution in [1.29, 1.82) is 0 Å². The molecule has 1 aromatic carbocycles. The molecule has 0 fully saturated rings. The van der Waals surface area contributed by atoms with Crippen LogP contribution in [0.1, 0.15) is 5.69 Å². The first-order valence-corrected chi connectivity index (χ1v) is 5.31. The highest BCUT2D eigenvalue weighted by Gasteiger charge is 2.32. The molecule has 1 heterocycles. The molecule has 0 aliphatic heterocycles. The van der Waals surface area contributed by atoms with Crippen LogP contribution in [0.15, 0.2) is 41.2 Å². The summed E-state index contributed by atoms with van der Waals surface area (Å²) in [6.07, 6.45) is -4.58. The zero-order valence-electron chi connectivity index (χ0n) is 8.88. The van der Waals surface area contributed by atoms with E-state index in [0.717, 1.165) is 12.1 Å². The summed E-state index contributed by atoms with van der Waals surface area (Å²) in [5.74, 6) is 0. The van der Waals surface area contributed by atoms with E-state index in [0.29, 0.717) is 10.6 Å². The number of aromatic nitrogens is 1. The van der Waals surface area contributed by atoms with Gasteiger partial charge in [0.2, 0.25) is 5.56 Å². The third-order valence-electron chi connectivity index (χ3n) is 2.33. The van der Waals surface area contributed by atoms with Gasteiger partial charge in [0.25, 0.3) is 0 Å². The molecule has 6 heteroatoms. The van der Waals surface area contributed by atoms with Crippen molar-refractivity contribution >= 4 is 11.6 Å². The van der Waals surface area contributed by atoms with Gasteiger partial charge in [0.05, 0.1) is 0 Å². The average Bonchev–Trinajstić information content (AvgIpc) is 2.28. The van der Waals surface area contributed by atoms with E-state index in [-0.39, 0.29) is 5.56 Å². The van der Waals surface area contributed by atoms with Crippen LogP contribution in [0.2, 0.25) is 5.02 Å². The second-order valence-corrected chi connectivity index (χ2v) is 4.09. The van der Waals surface area contributed by atoms with E-state index in [1.807, 2.05) is 0 Å². The SMILES string of the molecule is O=c1cc(-c2ccc(Cl)cc2)cc(C(F)(F)F)[nH]1. The van der Waals surface area contributed by atoms with Gasteiger partial charge in [0, 0.05) is 11.1 Å². The zero-order valence-corrected chi connectivity index (χ0v) is 9.64. The Kier molecular flexibility index (Phi) is 3.17. The quantitative estimate of drug-likeness (QED) is 0.844. The van der Waals surface area contributed by atoms with E-state index < -0.39 is 17.4 Å². The first kappa shape index (κ1) is 12.7. The second-order valence-electron chi connectivity index (χ2n) is 3.65. The highest BCUT2D eigenvalue weighted by atomic mass is 35.5. The molecule has 0 spiro atoms. The van der Waals surface area contributed by atoms with Crippen molar-refractivity contribution in [2.45, 2.75) is 6.18 Å². The molecule has 0 saturated carbocycles. The minimum atomic E-state index is -4.58. The van der Waals surface area contributed by atoms with E-state index in [4.69, 9.17) is 11.6 Å². The molecule has 0 amide bonds. The lowest BCUT2D eigenvalue weighted by Gasteiger charge is -2.08. The van der Waals surface area contributed by atoms with Crippen molar-refractivity contribution in [2.24, 2.45) is 0 Å². The fourth-order valence-corrected chi connectivity index (χ4v) is 1.63. The van der Waals surface area contributed by atoms with Crippen LogP contribution < -0.4 is 5.56 Å². The summed E-state index contributed by atoms with van der Waals surface area (Å²) in [5, 5.41) is 0.472. The maximum absolute atomic E-state index is 12.5. The average molecular weight is 274 g/mol. The third kappa shape index (κ3) is 2.73. The number of rotatable bonds is 1. The lowest BCUT2D eigenvalue weighted by molar-refractivity contribution is -0.141. The zero-order chi connectivity index (χ0) is 13.3. The summed E-state index contributed by atoms with van der Waals surface area (Å²) in [5.41, 5.74) is -1.17. The van der Waals surface area contributed by atoms with Crippen molar-refractivity contribution in [3.05, 3.63) is 57.5 Å². The van der Waals surface area contributed by atoms with Crippen LogP contribution in [0, 0.1) is 0 Å². The largest absolute Gasteiger partial charge is 0.431 e. The number of nitrogens with one attached hydrogen (secondary N) is 1. The Morgan fingerprint density at radius 2 is 1.61 bits per heavy atom. The maximum Gasteiger partial charge on any atom is 0.431 e. The number of halogens is 4. The second kappa shape index (κ2) is 4.49. The van der Waals surface area contributed by atoms with Gasteiger partial charge in [-0.3, -0.25) is 4.79 Å². The molecule has 0 saturated heterocycles. The molecule has 1 aromatic heterocycles. The van der Waals surface area contributed by atoms with Gasteiger partial charge >= 0.3 is 6.18 Å². The van der Waals surface area contributed by atoms with Crippen LogP contribution in [0.5, 0.6) is 0 Å². The summed E-state index contributed by atoms with van der Waals surface area (Å²) in [6.45, 7) is 0. The van der Waals surface area contributed by atoms with Gasteiger partial charge < -0.3 is 4.98 Å². The van der Waals surface area contributed by atoms with Crippen molar-refractivity contribution in [3.8, 4) is 11.1 Å². The van der Waals surface area contributed by atoms with E-state index >= 15 is 0 Å². The Bertz CT molecular complexity index is 616. The number of aromatic amines is 1. The van der Waals surface area contributed by atoms with Crippen molar-refractivity contribution < 1.29 is 13.2 Å². The molecule has 18 heavy (non-hydrogen) atoms. The molecule has 2 aromatic rings. The number of benzene rings is 1. The molecular weight excluding hydrogens is 267 g/mol. The van der Waals surface area contributed by atoms with Gasteiger partial charge in [0.1, 0.15) is 5.69 Å². The lowest BCUT2D eigenvalue weighted by Crippen LogP contribution is -2.15. The van der Waals surface area contributed by atoms with Crippen LogP contribution >= 0.6 is 11.6 Å². The van der Waals surface area contributed by atoms with E-state index in [2.05, 4.69) is 0 Å². The Hall–Kier alpha value is -1.75. The first-order valence-electron chi connectivity index (χ1n) is 4.94. The summed E-state index contributed by atoms with van der Waals surface area (Å²) < 4.78 is 37.6. The van der Waals surface area contributed by atoms with Crippen LogP contribution in [-0.2, 0) is 6.18 Å². The van der Waals surface area contributed by atoms with Crippen LogP contribution in [0.3, 0.4) is 0 Å². The fraction of sp³-hybridized carbons (Fsp3) is 0.0833. The maximum atomic E-state index is 12.5. The third-order valence-corrected chi connectivity index (χ3v) is 2.58. The highest BCUT2D eigenvalue weighted by Crippen LogP contribution is 2.29. The normalized spacial score (nSPS) is 11.6. The highest BCUT2D eigenvalue weighted by molar-refractivity contribution is 6.30. The van der Waals surface area contributed by atoms with Gasteiger partial charge in [0.15, 0.2) is 0 Å². The fourth-order valence-electron chi connectivity index (χ4n) is 1.51. The molecule has 0 bridgehead atoms. The standard InChI is InChI=1S/C12H7ClF3NO/c13-9-3-1-7(2-4-9)8-5-10(12(14,15)16)17-11(18)6-8/h1-6H,(H,17,18). The van der Waals surface area contributed by atoms with Gasteiger partial charge in [-0.1, -0.05) is 23.7 Å². The number of hydrogen-bond acceptors (Lipinski definition) is 1. The van der Waals surface area contributed by atoms with Crippen LogP contribution in [0.25, 0.3) is 11.1 Å². The minimum Gasteiger partial charge on any atom is -0.318 e. The van der Waals surface area contributed by atoms with Gasteiger partial charge in [-0.25, -0.2) is 0 Å². The summed E-state index contributed by atoms with van der Waals surface area (Å²) in [4.78, 5) is 13.0. The first-order chi connectivity index (χ1) is 8.36. The predicted octanol–water partition coefficient (Wildman–Crippen LogP) is 3.71. The lowest BCUT2D eigenvalue weighted by atomic mass is 10.1. The Morgan fingerprint density at radius 1 is 1.00 bits per heavy atom. The van der Waals surface area contributed by atoms with Crippen LogP contribution in [-0.4, -0.2) is 4.98 Å². The molecule has 1 N–H and O–H groups in total. The summed E-state index contributed by atoms with van der Waals surface area (Å²) in [7, 11) is 0. The van der Waals surface area contributed by atoms with Gasteiger partial charge in [-0.15, -0.1) is 0 Å². The van der Waals surface area contributed by atoms with E-state index in [1.54, 1.807) is 29.2 Å². The molecule has 2 nitrogen and oxygen atoms in total. The molecule has 0 aliphatic carbocycles. The Labute approximate surface area is 105 Å². The number of H-pyrrole nitrogens is 1. The predicted molar refractivity (Wildman–Crippen MR) is 62.5 cm³/mol. The van der Waals surface area contributed by atoms with E-state index in [1.165, 1.54) is 0 Å². The van der Waals surface area contributed by atoms with Crippen LogP contribution in [0.4, 0.5) is 13.2 Å². The number of alkyl halides is 3. The molecule has 0 unspecified atom stereocenters. The van der Waals surface area contributed by atoms with E-state index in [9.17, 15) is 18.0 Å². The molecular formula is C12H7ClF3NO. The minimum absolute atomic E-state index is 0.197. The number of hydrogen-bond donors (Lipinski definition) is 1. The summed E-state index contributed by atoms with van der Waals surface area (Å²) in [6, 6.07) is 8.20. The van der Waals surface area contributed by atoms with Crippen molar-refractivity contribution in [2.75, 3.05) is 0 Å². The molecule has 0 aliphatic rings.